The third-order valence-corrected chi connectivity index (χ3v) is 3.42. The van der Waals surface area contributed by atoms with Gasteiger partial charge < -0.3 is 15.0 Å². The van der Waals surface area contributed by atoms with E-state index in [2.05, 4.69) is 35.6 Å². The summed E-state index contributed by atoms with van der Waals surface area (Å²) >= 11 is 0. The first kappa shape index (κ1) is 13.2. The molecule has 0 spiro atoms. The lowest BCUT2D eigenvalue weighted by Gasteiger charge is -2.30. The fraction of sp³-hybridized carbons (Fsp3) is 0.750. The summed E-state index contributed by atoms with van der Waals surface area (Å²) in [6.07, 6.45) is 5.65. The van der Waals surface area contributed by atoms with Crippen molar-refractivity contribution in [3.05, 3.63) is 18.2 Å². The van der Waals surface area contributed by atoms with E-state index in [4.69, 9.17) is 0 Å². The standard InChI is InChI=1S/C12H23N3O/c1-4-12(5-2,10-16)14-9-11-13-7-8-15(11)6-3/h7-8,14,16H,4-6,9-10H2,1-3H3. The number of nitrogens with one attached hydrogen (secondary N) is 1. The average Bonchev–Trinajstić information content (AvgIpc) is 2.79. The van der Waals surface area contributed by atoms with E-state index in [1.54, 1.807) is 0 Å². The zero-order valence-corrected chi connectivity index (χ0v) is 10.5. The summed E-state index contributed by atoms with van der Waals surface area (Å²) in [5.41, 5.74) is -0.162. The molecule has 1 rings (SSSR count). The Labute approximate surface area is 97.7 Å². The van der Waals surface area contributed by atoms with Crippen LogP contribution >= 0.6 is 0 Å². The Morgan fingerprint density at radius 2 is 2.06 bits per heavy atom. The third kappa shape index (κ3) is 2.83. The fourth-order valence-electron chi connectivity index (χ4n) is 1.84. The van der Waals surface area contributed by atoms with Crippen LogP contribution in [0.1, 0.15) is 39.4 Å². The second kappa shape index (κ2) is 6.01. The molecule has 1 aromatic heterocycles. The molecule has 0 radical (unpaired) electrons. The Bertz CT molecular complexity index is 297. The summed E-state index contributed by atoms with van der Waals surface area (Å²) in [6.45, 7) is 8.11. The number of rotatable bonds is 7. The van der Waals surface area contributed by atoms with Gasteiger partial charge in [0.25, 0.3) is 0 Å². The molecule has 0 aliphatic heterocycles. The molecule has 4 nitrogen and oxygen atoms in total. The number of hydrogen-bond donors (Lipinski definition) is 2. The first-order valence-corrected chi connectivity index (χ1v) is 6.07. The van der Waals surface area contributed by atoms with Gasteiger partial charge in [0.05, 0.1) is 13.2 Å². The monoisotopic (exact) mass is 225 g/mol. The van der Waals surface area contributed by atoms with Crippen molar-refractivity contribution in [3.63, 3.8) is 0 Å². The summed E-state index contributed by atoms with van der Waals surface area (Å²) < 4.78 is 2.11. The number of imidazole rings is 1. The summed E-state index contributed by atoms with van der Waals surface area (Å²) in [5, 5.41) is 12.9. The highest BCUT2D eigenvalue weighted by molar-refractivity contribution is 4.94. The van der Waals surface area contributed by atoms with Crippen LogP contribution in [-0.2, 0) is 13.1 Å². The molecule has 16 heavy (non-hydrogen) atoms. The second-order valence-corrected chi connectivity index (χ2v) is 4.13. The number of nitrogens with zero attached hydrogens (tertiary/aromatic N) is 2. The van der Waals surface area contributed by atoms with Crippen molar-refractivity contribution in [3.8, 4) is 0 Å². The minimum absolute atomic E-state index is 0.162. The first-order chi connectivity index (χ1) is 7.71. The summed E-state index contributed by atoms with van der Waals surface area (Å²) in [7, 11) is 0. The molecular weight excluding hydrogens is 202 g/mol. The Kier molecular flexibility index (Phi) is 4.96. The molecule has 1 heterocycles. The maximum atomic E-state index is 9.44. The summed E-state index contributed by atoms with van der Waals surface area (Å²) in [5.74, 6) is 1.03. The van der Waals surface area contributed by atoms with Gasteiger partial charge in [-0.2, -0.15) is 0 Å². The van der Waals surface area contributed by atoms with E-state index in [1.807, 2.05) is 12.4 Å². The van der Waals surface area contributed by atoms with E-state index < -0.39 is 0 Å². The lowest BCUT2D eigenvalue weighted by atomic mass is 9.94. The normalized spacial score (nSPS) is 12.0. The van der Waals surface area contributed by atoms with Gasteiger partial charge in [-0.15, -0.1) is 0 Å². The van der Waals surface area contributed by atoms with E-state index in [0.717, 1.165) is 25.2 Å². The highest BCUT2D eigenvalue weighted by Gasteiger charge is 2.24. The molecule has 0 atom stereocenters. The predicted octanol–water partition coefficient (Wildman–Crippen LogP) is 1.54. The minimum Gasteiger partial charge on any atom is -0.394 e. The zero-order valence-electron chi connectivity index (χ0n) is 10.5. The lowest BCUT2D eigenvalue weighted by molar-refractivity contribution is 0.148. The van der Waals surface area contributed by atoms with Crippen LogP contribution in [0.4, 0.5) is 0 Å². The minimum atomic E-state index is -0.162. The van der Waals surface area contributed by atoms with Crippen LogP contribution in [-0.4, -0.2) is 26.8 Å². The zero-order chi connectivity index (χ0) is 12.0. The van der Waals surface area contributed by atoms with Crippen LogP contribution in [0.25, 0.3) is 0 Å². The Balaban J connectivity index is 2.62. The number of aryl methyl sites for hydroxylation is 1. The maximum absolute atomic E-state index is 9.44. The number of aliphatic hydroxyl groups is 1. The molecule has 0 fully saturated rings. The van der Waals surface area contributed by atoms with E-state index >= 15 is 0 Å². The highest BCUT2D eigenvalue weighted by atomic mass is 16.3. The van der Waals surface area contributed by atoms with E-state index in [-0.39, 0.29) is 12.1 Å². The van der Waals surface area contributed by atoms with Gasteiger partial charge in [-0.1, -0.05) is 13.8 Å². The van der Waals surface area contributed by atoms with Gasteiger partial charge >= 0.3 is 0 Å². The lowest BCUT2D eigenvalue weighted by Crippen LogP contribution is -2.47. The van der Waals surface area contributed by atoms with Gasteiger partial charge in [-0.25, -0.2) is 4.98 Å². The molecule has 4 heteroatoms. The second-order valence-electron chi connectivity index (χ2n) is 4.13. The quantitative estimate of drug-likeness (QED) is 0.740. The van der Waals surface area contributed by atoms with Gasteiger partial charge in [-0.3, -0.25) is 0 Å². The molecule has 0 bridgehead atoms. The van der Waals surface area contributed by atoms with E-state index in [9.17, 15) is 5.11 Å². The van der Waals surface area contributed by atoms with Crippen molar-refractivity contribution in [2.24, 2.45) is 0 Å². The molecule has 0 amide bonds. The van der Waals surface area contributed by atoms with Crippen LogP contribution in [0.3, 0.4) is 0 Å². The third-order valence-electron chi connectivity index (χ3n) is 3.42. The van der Waals surface area contributed by atoms with Crippen molar-refractivity contribution in [2.75, 3.05) is 6.61 Å². The van der Waals surface area contributed by atoms with Crippen LogP contribution in [0.2, 0.25) is 0 Å². The van der Waals surface area contributed by atoms with Gasteiger partial charge in [0.1, 0.15) is 5.82 Å². The van der Waals surface area contributed by atoms with Gasteiger partial charge in [-0.05, 0) is 19.8 Å². The molecule has 0 aliphatic rings. The molecular formula is C12H23N3O. The molecule has 2 N–H and O–H groups in total. The Morgan fingerprint density at radius 3 is 2.56 bits per heavy atom. The largest absolute Gasteiger partial charge is 0.394 e. The number of hydrogen-bond acceptors (Lipinski definition) is 3. The van der Waals surface area contributed by atoms with Crippen molar-refractivity contribution >= 4 is 0 Å². The number of aliphatic hydroxyl groups excluding tert-OH is 1. The van der Waals surface area contributed by atoms with Crippen molar-refractivity contribution in [2.45, 2.75) is 52.2 Å². The van der Waals surface area contributed by atoms with Crippen LogP contribution in [0.5, 0.6) is 0 Å². The SMILES string of the molecule is CCn1ccnc1CNC(CC)(CC)CO. The van der Waals surface area contributed by atoms with Crippen molar-refractivity contribution in [1.29, 1.82) is 0 Å². The van der Waals surface area contributed by atoms with Gasteiger partial charge in [0.2, 0.25) is 0 Å². The van der Waals surface area contributed by atoms with Crippen molar-refractivity contribution < 1.29 is 5.11 Å². The molecule has 1 aromatic rings. The van der Waals surface area contributed by atoms with Crippen LogP contribution in [0, 0.1) is 0 Å². The van der Waals surface area contributed by atoms with Crippen molar-refractivity contribution in [1.82, 2.24) is 14.9 Å². The predicted molar refractivity (Wildman–Crippen MR) is 65.1 cm³/mol. The molecule has 0 aliphatic carbocycles. The summed E-state index contributed by atoms with van der Waals surface area (Å²) in [6, 6.07) is 0. The average molecular weight is 225 g/mol. The van der Waals surface area contributed by atoms with Crippen LogP contribution < -0.4 is 5.32 Å². The van der Waals surface area contributed by atoms with Gasteiger partial charge in [0, 0.05) is 24.5 Å². The molecule has 0 unspecified atom stereocenters. The van der Waals surface area contributed by atoms with E-state index in [1.165, 1.54) is 0 Å². The molecule has 0 saturated carbocycles. The maximum Gasteiger partial charge on any atom is 0.122 e. The molecule has 0 aromatic carbocycles. The Hall–Kier alpha value is -0.870. The number of aromatic nitrogens is 2. The van der Waals surface area contributed by atoms with Crippen LogP contribution in [0.15, 0.2) is 12.4 Å². The summed E-state index contributed by atoms with van der Waals surface area (Å²) in [4.78, 5) is 4.31. The van der Waals surface area contributed by atoms with Gasteiger partial charge in [0.15, 0.2) is 0 Å². The smallest absolute Gasteiger partial charge is 0.122 e. The van der Waals surface area contributed by atoms with E-state index in [0.29, 0.717) is 6.54 Å². The topological polar surface area (TPSA) is 50.1 Å². The fourth-order valence-corrected chi connectivity index (χ4v) is 1.84. The highest BCUT2D eigenvalue weighted by Crippen LogP contribution is 2.14. The first-order valence-electron chi connectivity index (χ1n) is 6.07. The Morgan fingerprint density at radius 1 is 1.38 bits per heavy atom. The molecule has 92 valence electrons. The molecule has 0 saturated heterocycles.